The van der Waals surface area contributed by atoms with Crippen molar-refractivity contribution >= 4 is 35.0 Å². The molecule has 2 aliphatic heterocycles. The van der Waals surface area contributed by atoms with Crippen molar-refractivity contribution in [1.29, 1.82) is 0 Å². The molecule has 1 aliphatic carbocycles. The smallest absolute Gasteiger partial charge is 0.328 e. The van der Waals surface area contributed by atoms with Crippen LogP contribution in [0.4, 0.5) is 0 Å². The van der Waals surface area contributed by atoms with Crippen LogP contribution >= 0.6 is 0 Å². The molecule has 3 N–H and O–H groups in total. The van der Waals surface area contributed by atoms with E-state index in [9.17, 15) is 39.0 Å². The van der Waals surface area contributed by atoms with E-state index >= 15 is 0 Å². The highest BCUT2D eigenvalue weighted by Gasteiger charge is 2.50. The maximum Gasteiger partial charge on any atom is 0.328 e. The number of hydrogen-bond acceptors (Lipinski definition) is 14. The monoisotopic (exact) mass is 942 g/mol. The van der Waals surface area contributed by atoms with Gasteiger partial charge < -0.3 is 43.9 Å². The summed E-state index contributed by atoms with van der Waals surface area (Å²) in [6.07, 6.45) is 19.0. The van der Waals surface area contributed by atoms with E-state index in [1.807, 2.05) is 32.1 Å². The minimum Gasteiger partial charge on any atom is -0.464 e. The molecule has 2 saturated heterocycles. The van der Waals surface area contributed by atoms with Crippen molar-refractivity contribution in [1.82, 2.24) is 4.90 Å². The Labute approximate surface area is 398 Å². The average molecular weight is 942 g/mol. The summed E-state index contributed by atoms with van der Waals surface area (Å²) in [5, 5.41) is 29.5. The van der Waals surface area contributed by atoms with Gasteiger partial charge in [-0.3, -0.25) is 24.0 Å². The zero-order valence-corrected chi connectivity index (χ0v) is 43.1. The Bertz CT molecular complexity index is 1430. The lowest BCUT2D eigenvalue weighted by Crippen LogP contribution is -2.59. The van der Waals surface area contributed by atoms with E-state index in [1.54, 1.807) is 69.5 Å². The number of Topliss-reactive ketones (excluding diaryl/α,β-unsaturated/α-hetero) is 4. The SMILES string of the molecule is CC/C(C)=C/C=C/CC(=O)CCC(C)C(=O)CC(O)/C(C)=C/CC(C)=O.CCCOC(=O)C1CCCCN1C(=O)C(=O)C1(O)OCCCC1C.COC.COC.COC.OC1CCCCC1. The van der Waals surface area contributed by atoms with Crippen LogP contribution in [0.15, 0.2) is 35.5 Å². The fourth-order valence-corrected chi connectivity index (χ4v) is 6.51. The zero-order valence-electron chi connectivity index (χ0n) is 43.1. The second-order valence-electron chi connectivity index (χ2n) is 17.1. The number of ketones is 4. The number of methoxy groups -OCH3 is 3. The van der Waals surface area contributed by atoms with Crippen LogP contribution in [-0.4, -0.2) is 142 Å². The quantitative estimate of drug-likeness (QED) is 0.0522. The first-order valence-electron chi connectivity index (χ1n) is 23.7. The number of nitrogens with zero attached hydrogens (tertiary/aromatic N) is 1. The molecular weight excluding hydrogens is 851 g/mol. The van der Waals surface area contributed by atoms with Gasteiger partial charge in [-0.1, -0.05) is 76.8 Å². The molecule has 384 valence electrons. The standard InChI is InChI=1S/C22H34O4.C17H27NO6.C6H12O.3C2H6O/c1-6-16(2)9-7-8-10-20(24)14-12-18(4)22(26)15-21(25)17(3)11-13-19(5)23;1-3-10-23-16(21)13-8-4-5-9-18(13)15(20)14(19)17(22)12(2)7-6-11-24-17;7-6-4-2-1-3-5-6;3*1-3-2/h7-9,11,18,21,25H,6,10,12-15H2,1-5H3;12-13,22H,3-11H2,1-2H3;6-7H,1-5H2;3*1-2H3/b8-7+,16-9+,17-11+;;;;;. The molecule has 1 amide bonds. The van der Waals surface area contributed by atoms with Crippen LogP contribution in [0.2, 0.25) is 0 Å². The van der Waals surface area contributed by atoms with E-state index < -0.39 is 41.5 Å². The van der Waals surface area contributed by atoms with Crippen LogP contribution in [0.1, 0.15) is 158 Å². The third-order valence-electron chi connectivity index (χ3n) is 10.8. The minimum atomic E-state index is -2.09. The molecule has 3 fully saturated rings. The lowest BCUT2D eigenvalue weighted by atomic mass is 9.88. The molecule has 3 rings (SSSR count). The van der Waals surface area contributed by atoms with Gasteiger partial charge in [0.25, 0.3) is 11.7 Å². The molecule has 0 spiro atoms. The molecule has 1 saturated carbocycles. The highest BCUT2D eigenvalue weighted by molar-refractivity contribution is 6.39. The highest BCUT2D eigenvalue weighted by Crippen LogP contribution is 2.31. The van der Waals surface area contributed by atoms with Gasteiger partial charge in [-0.05, 0) is 90.6 Å². The summed E-state index contributed by atoms with van der Waals surface area (Å²) in [7, 11) is 9.75. The van der Waals surface area contributed by atoms with E-state index in [2.05, 4.69) is 21.1 Å². The molecule has 15 nitrogen and oxygen atoms in total. The maximum absolute atomic E-state index is 12.7. The number of hydrogen-bond donors (Lipinski definition) is 3. The van der Waals surface area contributed by atoms with Gasteiger partial charge in [-0.2, -0.15) is 0 Å². The van der Waals surface area contributed by atoms with Crippen LogP contribution in [0.25, 0.3) is 0 Å². The Morgan fingerprint density at radius 3 is 1.91 bits per heavy atom. The predicted octanol–water partition coefficient (Wildman–Crippen LogP) is 7.64. The Hall–Kier alpha value is -3.44. The van der Waals surface area contributed by atoms with Crippen molar-refractivity contribution in [2.24, 2.45) is 11.8 Å². The number of carbonyl (C=O) groups is 6. The van der Waals surface area contributed by atoms with Crippen LogP contribution in [0, 0.1) is 11.8 Å². The fraction of sp³-hybridized carbons (Fsp3) is 0.765. The first-order valence-corrected chi connectivity index (χ1v) is 23.7. The number of carbonyl (C=O) groups excluding carboxylic acids is 6. The molecule has 66 heavy (non-hydrogen) atoms. The molecule has 0 aromatic carbocycles. The number of allylic oxidation sites excluding steroid dienone is 5. The van der Waals surface area contributed by atoms with Crippen LogP contribution < -0.4 is 0 Å². The van der Waals surface area contributed by atoms with E-state index in [0.717, 1.165) is 32.1 Å². The van der Waals surface area contributed by atoms with Crippen LogP contribution in [0.5, 0.6) is 0 Å². The van der Waals surface area contributed by atoms with E-state index in [4.69, 9.17) is 14.6 Å². The van der Waals surface area contributed by atoms with Crippen molar-refractivity contribution < 1.29 is 67.8 Å². The third kappa shape index (κ3) is 31.5. The maximum atomic E-state index is 12.7. The number of likely N-dealkylation sites (tertiary alicyclic amines) is 1. The summed E-state index contributed by atoms with van der Waals surface area (Å²) in [5.41, 5.74) is 1.90. The Morgan fingerprint density at radius 2 is 1.41 bits per heavy atom. The van der Waals surface area contributed by atoms with E-state index in [-0.39, 0.29) is 55.4 Å². The largest absolute Gasteiger partial charge is 0.464 e. The molecule has 0 radical (unpaired) electrons. The molecule has 5 unspecified atom stereocenters. The summed E-state index contributed by atoms with van der Waals surface area (Å²) in [6.45, 7) is 13.5. The molecule has 15 heteroatoms. The molecule has 5 atom stereocenters. The number of rotatable bonds is 18. The average Bonchev–Trinajstić information content (AvgIpc) is 3.29. The summed E-state index contributed by atoms with van der Waals surface area (Å²) in [4.78, 5) is 73.7. The molecule has 0 aromatic rings. The van der Waals surface area contributed by atoms with Gasteiger partial charge >= 0.3 is 5.97 Å². The summed E-state index contributed by atoms with van der Waals surface area (Å²) in [5.74, 6) is -5.07. The Kier molecular flexibility index (Phi) is 42.3. The second-order valence-corrected chi connectivity index (χ2v) is 17.1. The number of aliphatic hydroxyl groups is 3. The number of amides is 1. The molecule has 0 aromatic heterocycles. The third-order valence-corrected chi connectivity index (χ3v) is 10.8. The molecule has 0 bridgehead atoms. The van der Waals surface area contributed by atoms with Crippen LogP contribution in [0.3, 0.4) is 0 Å². The first kappa shape index (κ1) is 66.8. The summed E-state index contributed by atoms with van der Waals surface area (Å²) >= 11 is 0. The second kappa shape index (κ2) is 41.7. The van der Waals surface area contributed by atoms with Crippen LogP contribution in [-0.2, 0) is 52.5 Å². The van der Waals surface area contributed by atoms with Crippen molar-refractivity contribution in [3.05, 3.63) is 35.5 Å². The van der Waals surface area contributed by atoms with Gasteiger partial charge in [0.05, 0.1) is 25.4 Å². The minimum absolute atomic E-state index is 0.0177. The van der Waals surface area contributed by atoms with Crippen molar-refractivity contribution in [2.75, 3.05) is 62.4 Å². The summed E-state index contributed by atoms with van der Waals surface area (Å²) in [6, 6.07) is -0.760. The Morgan fingerprint density at radius 1 is 0.833 bits per heavy atom. The van der Waals surface area contributed by atoms with Crippen molar-refractivity contribution in [2.45, 2.75) is 182 Å². The van der Waals surface area contributed by atoms with Gasteiger partial charge in [-0.15, -0.1) is 0 Å². The van der Waals surface area contributed by atoms with Gasteiger partial charge in [0.2, 0.25) is 5.79 Å². The topological polar surface area (TPSA) is 212 Å². The lowest BCUT2D eigenvalue weighted by molar-refractivity contribution is -0.240. The first-order chi connectivity index (χ1) is 31.2. The highest BCUT2D eigenvalue weighted by atomic mass is 16.6. The lowest BCUT2D eigenvalue weighted by Gasteiger charge is -2.39. The fourth-order valence-electron chi connectivity index (χ4n) is 6.51. The molecule has 3 aliphatic rings. The molecule has 2 heterocycles. The molecular formula is C51H91NO14. The van der Waals surface area contributed by atoms with Gasteiger partial charge in [0.15, 0.2) is 0 Å². The summed E-state index contributed by atoms with van der Waals surface area (Å²) < 4.78 is 23.1. The number of piperidine rings is 1. The predicted molar refractivity (Wildman–Crippen MR) is 259 cm³/mol. The van der Waals surface area contributed by atoms with E-state index in [1.165, 1.54) is 36.7 Å². The van der Waals surface area contributed by atoms with E-state index in [0.29, 0.717) is 57.1 Å². The normalized spacial score (nSPS) is 20.6. The van der Waals surface area contributed by atoms with Gasteiger partial charge in [-0.25, -0.2) is 4.79 Å². The Balaban J connectivity index is -0.000000903. The van der Waals surface area contributed by atoms with Gasteiger partial charge in [0, 0.05) is 86.7 Å². The number of ether oxygens (including phenoxy) is 5. The number of aliphatic hydroxyl groups excluding tert-OH is 2. The van der Waals surface area contributed by atoms with Crippen molar-refractivity contribution in [3.8, 4) is 0 Å². The number of esters is 1. The van der Waals surface area contributed by atoms with Crippen molar-refractivity contribution in [3.63, 3.8) is 0 Å². The zero-order chi connectivity index (χ0) is 51.1. The van der Waals surface area contributed by atoms with Gasteiger partial charge in [0.1, 0.15) is 23.4 Å².